The van der Waals surface area contributed by atoms with E-state index >= 15 is 0 Å². The zero-order chi connectivity index (χ0) is 12.4. The quantitative estimate of drug-likeness (QED) is 0.882. The summed E-state index contributed by atoms with van der Waals surface area (Å²) in [6, 6.07) is 8.31. The fourth-order valence-electron chi connectivity index (χ4n) is 2.02. The Balaban J connectivity index is 1.57. The minimum atomic E-state index is 0.398. The van der Waals surface area contributed by atoms with Crippen molar-refractivity contribution in [2.45, 2.75) is 13.0 Å². The molecule has 3 heterocycles. The van der Waals surface area contributed by atoms with Crippen molar-refractivity contribution in [2.75, 3.05) is 23.3 Å². The molecular formula is C13H15N5. The van der Waals surface area contributed by atoms with Crippen LogP contribution in [0.5, 0.6) is 0 Å². The molecule has 0 atom stereocenters. The summed E-state index contributed by atoms with van der Waals surface area (Å²) in [5, 5.41) is 3.30. The third-order valence-electron chi connectivity index (χ3n) is 2.98. The molecule has 0 radical (unpaired) electrons. The van der Waals surface area contributed by atoms with Gasteiger partial charge in [0.2, 0.25) is 5.95 Å². The van der Waals surface area contributed by atoms with Crippen LogP contribution in [0.2, 0.25) is 0 Å². The van der Waals surface area contributed by atoms with Crippen LogP contribution in [0, 0.1) is 6.92 Å². The molecule has 1 aliphatic heterocycles. The lowest BCUT2D eigenvalue weighted by atomic mass is 10.1. The van der Waals surface area contributed by atoms with Crippen molar-refractivity contribution in [3.05, 3.63) is 42.4 Å². The van der Waals surface area contributed by atoms with E-state index in [-0.39, 0.29) is 0 Å². The first-order valence-electron chi connectivity index (χ1n) is 6.03. The number of hydrogen-bond acceptors (Lipinski definition) is 5. The second-order valence-corrected chi connectivity index (χ2v) is 4.46. The van der Waals surface area contributed by atoms with E-state index in [4.69, 9.17) is 0 Å². The van der Waals surface area contributed by atoms with Crippen molar-refractivity contribution in [3.8, 4) is 0 Å². The number of rotatable bonds is 3. The van der Waals surface area contributed by atoms with Gasteiger partial charge < -0.3 is 10.2 Å². The van der Waals surface area contributed by atoms with E-state index in [1.165, 1.54) is 0 Å². The lowest BCUT2D eigenvalue weighted by Gasteiger charge is -2.40. The standard InChI is InChI=1S/C13H15N5/c1-10-4-2-5-12(16-10)18-8-11(9-18)17-13-14-6-3-7-15-13/h2-7,11H,8-9H2,1H3,(H,14,15,17). The van der Waals surface area contributed by atoms with Gasteiger partial charge in [0, 0.05) is 31.2 Å². The average molecular weight is 241 g/mol. The first-order valence-corrected chi connectivity index (χ1v) is 6.03. The summed E-state index contributed by atoms with van der Waals surface area (Å²) < 4.78 is 0. The number of pyridine rings is 1. The van der Waals surface area contributed by atoms with Gasteiger partial charge in [0.1, 0.15) is 5.82 Å². The Morgan fingerprint density at radius 2 is 1.94 bits per heavy atom. The molecule has 0 aromatic carbocycles. The van der Waals surface area contributed by atoms with Crippen molar-refractivity contribution in [1.82, 2.24) is 15.0 Å². The normalized spacial score (nSPS) is 15.3. The maximum Gasteiger partial charge on any atom is 0.222 e. The lowest BCUT2D eigenvalue weighted by molar-refractivity contribution is 0.541. The second-order valence-electron chi connectivity index (χ2n) is 4.46. The maximum absolute atomic E-state index is 4.50. The fraction of sp³-hybridized carbons (Fsp3) is 0.308. The van der Waals surface area contributed by atoms with Crippen LogP contribution >= 0.6 is 0 Å². The SMILES string of the molecule is Cc1cccc(N2CC(Nc3ncccn3)C2)n1. The molecule has 1 aliphatic rings. The molecule has 1 saturated heterocycles. The largest absolute Gasteiger partial charge is 0.352 e. The highest BCUT2D eigenvalue weighted by Crippen LogP contribution is 2.20. The molecule has 3 rings (SSSR count). The topological polar surface area (TPSA) is 53.9 Å². The molecule has 1 fully saturated rings. The third-order valence-corrected chi connectivity index (χ3v) is 2.98. The van der Waals surface area contributed by atoms with Crippen molar-refractivity contribution in [2.24, 2.45) is 0 Å². The van der Waals surface area contributed by atoms with E-state index < -0.39 is 0 Å². The molecule has 1 N–H and O–H groups in total. The van der Waals surface area contributed by atoms with E-state index in [2.05, 4.69) is 25.2 Å². The Morgan fingerprint density at radius 3 is 2.67 bits per heavy atom. The molecule has 18 heavy (non-hydrogen) atoms. The van der Waals surface area contributed by atoms with Gasteiger partial charge in [-0.15, -0.1) is 0 Å². The van der Waals surface area contributed by atoms with Gasteiger partial charge in [-0.05, 0) is 25.1 Å². The van der Waals surface area contributed by atoms with Gasteiger partial charge >= 0.3 is 0 Å². The summed E-state index contributed by atoms with van der Waals surface area (Å²) in [4.78, 5) is 15.1. The van der Waals surface area contributed by atoms with Crippen LogP contribution in [0.3, 0.4) is 0 Å². The summed E-state index contributed by atoms with van der Waals surface area (Å²) in [6.07, 6.45) is 3.49. The number of aromatic nitrogens is 3. The van der Waals surface area contributed by atoms with Gasteiger partial charge in [0.15, 0.2) is 0 Å². The predicted octanol–water partition coefficient (Wildman–Crippen LogP) is 1.48. The Bertz CT molecular complexity index is 522. The molecule has 5 nitrogen and oxygen atoms in total. The van der Waals surface area contributed by atoms with Crippen molar-refractivity contribution in [1.29, 1.82) is 0 Å². The van der Waals surface area contributed by atoms with Crippen LogP contribution in [0.15, 0.2) is 36.7 Å². The monoisotopic (exact) mass is 241 g/mol. The molecule has 5 heteroatoms. The highest BCUT2D eigenvalue weighted by atomic mass is 15.3. The average Bonchev–Trinajstić information content (AvgIpc) is 2.34. The molecular weight excluding hydrogens is 226 g/mol. The molecule has 92 valence electrons. The second kappa shape index (κ2) is 4.60. The van der Waals surface area contributed by atoms with Crippen molar-refractivity contribution in [3.63, 3.8) is 0 Å². The molecule has 0 saturated carbocycles. The van der Waals surface area contributed by atoms with Crippen LogP contribution in [0.25, 0.3) is 0 Å². The zero-order valence-electron chi connectivity index (χ0n) is 10.2. The first-order chi connectivity index (χ1) is 8.81. The Hall–Kier alpha value is -2.17. The van der Waals surface area contributed by atoms with Gasteiger partial charge in [-0.1, -0.05) is 6.07 Å². The molecule has 0 unspecified atom stereocenters. The van der Waals surface area contributed by atoms with E-state index in [1.54, 1.807) is 12.4 Å². The van der Waals surface area contributed by atoms with E-state index in [0.717, 1.165) is 24.6 Å². The summed E-state index contributed by atoms with van der Waals surface area (Å²) in [6.45, 7) is 3.89. The number of hydrogen-bond donors (Lipinski definition) is 1. The van der Waals surface area contributed by atoms with Crippen LogP contribution in [0.4, 0.5) is 11.8 Å². The molecule has 0 bridgehead atoms. The minimum absolute atomic E-state index is 0.398. The van der Waals surface area contributed by atoms with E-state index in [1.807, 2.05) is 31.2 Å². The number of aryl methyl sites for hydroxylation is 1. The molecule has 2 aromatic rings. The van der Waals surface area contributed by atoms with Crippen molar-refractivity contribution >= 4 is 11.8 Å². The van der Waals surface area contributed by atoms with Gasteiger partial charge in [0.25, 0.3) is 0 Å². The number of anilines is 2. The summed E-state index contributed by atoms with van der Waals surface area (Å²) >= 11 is 0. The highest BCUT2D eigenvalue weighted by molar-refractivity contribution is 5.45. The van der Waals surface area contributed by atoms with Gasteiger partial charge in [-0.2, -0.15) is 0 Å². The lowest BCUT2D eigenvalue weighted by Crippen LogP contribution is -2.55. The Labute approximate surface area is 106 Å². The van der Waals surface area contributed by atoms with Gasteiger partial charge in [-0.25, -0.2) is 15.0 Å². The Kier molecular flexibility index (Phi) is 2.80. The van der Waals surface area contributed by atoms with Crippen LogP contribution in [-0.4, -0.2) is 34.1 Å². The smallest absolute Gasteiger partial charge is 0.222 e. The number of nitrogens with one attached hydrogen (secondary N) is 1. The predicted molar refractivity (Wildman–Crippen MR) is 70.6 cm³/mol. The van der Waals surface area contributed by atoms with Crippen molar-refractivity contribution < 1.29 is 0 Å². The van der Waals surface area contributed by atoms with Crippen LogP contribution in [0.1, 0.15) is 5.69 Å². The van der Waals surface area contributed by atoms with Gasteiger partial charge in [-0.3, -0.25) is 0 Å². The first kappa shape index (κ1) is 11.0. The van der Waals surface area contributed by atoms with Crippen LogP contribution < -0.4 is 10.2 Å². The summed E-state index contributed by atoms with van der Waals surface area (Å²) in [5.41, 5.74) is 1.05. The van der Waals surface area contributed by atoms with Gasteiger partial charge in [0.05, 0.1) is 6.04 Å². The zero-order valence-corrected chi connectivity index (χ0v) is 10.2. The Morgan fingerprint density at radius 1 is 1.17 bits per heavy atom. The molecule has 0 aliphatic carbocycles. The van der Waals surface area contributed by atoms with Crippen LogP contribution in [-0.2, 0) is 0 Å². The molecule has 2 aromatic heterocycles. The fourth-order valence-corrected chi connectivity index (χ4v) is 2.02. The van der Waals surface area contributed by atoms with E-state index in [9.17, 15) is 0 Å². The number of nitrogens with zero attached hydrogens (tertiary/aromatic N) is 4. The maximum atomic E-state index is 4.50. The highest BCUT2D eigenvalue weighted by Gasteiger charge is 2.28. The summed E-state index contributed by atoms with van der Waals surface area (Å²) in [7, 11) is 0. The van der Waals surface area contributed by atoms with E-state index in [0.29, 0.717) is 12.0 Å². The minimum Gasteiger partial charge on any atom is -0.352 e. The summed E-state index contributed by atoms with van der Waals surface area (Å²) in [5.74, 6) is 1.74. The molecule has 0 amide bonds. The molecule has 0 spiro atoms. The third kappa shape index (κ3) is 2.25.